The van der Waals surface area contributed by atoms with Crippen molar-refractivity contribution >= 4 is 0 Å². The highest BCUT2D eigenvalue weighted by Crippen LogP contribution is 2.30. The molecule has 19 heavy (non-hydrogen) atoms. The maximum Gasteiger partial charge on any atom is 0.0558 e. The van der Waals surface area contributed by atoms with Crippen molar-refractivity contribution < 1.29 is 5.11 Å². The lowest BCUT2D eigenvalue weighted by Crippen LogP contribution is -2.46. The fourth-order valence-electron chi connectivity index (χ4n) is 3.75. The molecule has 0 aromatic rings. The predicted molar refractivity (Wildman–Crippen MR) is 80.3 cm³/mol. The summed E-state index contributed by atoms with van der Waals surface area (Å²) in [7, 11) is 2.22. The first kappa shape index (κ1) is 15.3. The summed E-state index contributed by atoms with van der Waals surface area (Å²) in [6, 6.07) is 0.711. The molecular formula is C16H32N2O. The third-order valence-corrected chi connectivity index (χ3v) is 5.22. The van der Waals surface area contributed by atoms with Crippen LogP contribution < -0.4 is 0 Å². The van der Waals surface area contributed by atoms with Crippen molar-refractivity contribution in [3.8, 4) is 0 Å². The summed E-state index contributed by atoms with van der Waals surface area (Å²) in [6.07, 6.45) is 8.17. The molecule has 1 saturated heterocycles. The Hall–Kier alpha value is -0.120. The number of hydrogen-bond donors (Lipinski definition) is 1. The number of aliphatic hydroxyl groups excluding tert-OH is 1. The van der Waals surface area contributed by atoms with Crippen LogP contribution in [0, 0.1) is 11.8 Å². The van der Waals surface area contributed by atoms with Crippen molar-refractivity contribution in [2.24, 2.45) is 11.8 Å². The smallest absolute Gasteiger partial charge is 0.0558 e. The maximum atomic E-state index is 9.34. The summed E-state index contributed by atoms with van der Waals surface area (Å²) in [5.74, 6) is 1.81. The third kappa shape index (κ3) is 4.73. The van der Waals surface area contributed by atoms with Crippen LogP contribution in [0.25, 0.3) is 0 Å². The highest BCUT2D eigenvalue weighted by atomic mass is 16.3. The molecule has 0 aromatic carbocycles. The molecule has 0 unspecified atom stereocenters. The number of nitrogens with zero attached hydrogens (tertiary/aromatic N) is 2. The van der Waals surface area contributed by atoms with E-state index in [0.717, 1.165) is 18.4 Å². The number of hydrogen-bond acceptors (Lipinski definition) is 3. The van der Waals surface area contributed by atoms with Crippen molar-refractivity contribution in [1.82, 2.24) is 9.80 Å². The summed E-state index contributed by atoms with van der Waals surface area (Å²) < 4.78 is 0. The first-order valence-corrected chi connectivity index (χ1v) is 8.22. The van der Waals surface area contributed by atoms with Crippen molar-refractivity contribution in [3.63, 3.8) is 0 Å². The van der Waals surface area contributed by atoms with Gasteiger partial charge in [-0.15, -0.1) is 0 Å². The average Bonchev–Trinajstić information content (AvgIpc) is 2.42. The van der Waals surface area contributed by atoms with E-state index in [-0.39, 0.29) is 0 Å². The van der Waals surface area contributed by atoms with Crippen LogP contribution in [0.3, 0.4) is 0 Å². The minimum Gasteiger partial charge on any atom is -0.395 e. The zero-order valence-corrected chi connectivity index (χ0v) is 12.9. The van der Waals surface area contributed by atoms with Crippen molar-refractivity contribution in [1.29, 1.82) is 0 Å². The van der Waals surface area contributed by atoms with Gasteiger partial charge in [-0.1, -0.05) is 19.8 Å². The van der Waals surface area contributed by atoms with Gasteiger partial charge in [-0.25, -0.2) is 0 Å². The van der Waals surface area contributed by atoms with Crippen LogP contribution in [-0.2, 0) is 0 Å². The van der Waals surface area contributed by atoms with Gasteiger partial charge in [0.05, 0.1) is 6.61 Å². The van der Waals surface area contributed by atoms with Crippen LogP contribution in [0.2, 0.25) is 0 Å². The predicted octanol–water partition coefficient (Wildman–Crippen LogP) is 2.20. The molecule has 3 heteroatoms. The van der Waals surface area contributed by atoms with E-state index in [1.165, 1.54) is 58.2 Å². The van der Waals surface area contributed by atoms with Gasteiger partial charge in [0.15, 0.2) is 0 Å². The fourth-order valence-corrected chi connectivity index (χ4v) is 3.75. The fraction of sp³-hybridized carbons (Fsp3) is 1.00. The SMILES string of the molecule is CC1CCC(CN(CCO)C2CCN(C)CC2)CC1. The van der Waals surface area contributed by atoms with Crippen molar-refractivity contribution in [2.45, 2.75) is 51.5 Å². The Balaban J connectivity index is 1.81. The molecule has 1 N–H and O–H groups in total. The molecule has 0 aromatic heterocycles. The lowest BCUT2D eigenvalue weighted by molar-refractivity contribution is 0.0761. The van der Waals surface area contributed by atoms with Crippen LogP contribution >= 0.6 is 0 Å². The normalized spacial score (nSPS) is 30.9. The van der Waals surface area contributed by atoms with Gasteiger partial charge >= 0.3 is 0 Å². The van der Waals surface area contributed by atoms with Gasteiger partial charge in [-0.2, -0.15) is 0 Å². The summed E-state index contributed by atoms with van der Waals surface area (Å²) in [4.78, 5) is 5.02. The minimum atomic E-state index is 0.315. The van der Waals surface area contributed by atoms with E-state index in [1.807, 2.05) is 0 Å². The van der Waals surface area contributed by atoms with Gasteiger partial charge in [-0.05, 0) is 57.7 Å². The van der Waals surface area contributed by atoms with E-state index in [9.17, 15) is 5.11 Å². The van der Waals surface area contributed by atoms with E-state index in [4.69, 9.17) is 0 Å². The van der Waals surface area contributed by atoms with E-state index in [0.29, 0.717) is 12.6 Å². The molecule has 1 heterocycles. The van der Waals surface area contributed by atoms with Gasteiger partial charge in [0.1, 0.15) is 0 Å². The first-order chi connectivity index (χ1) is 9.19. The van der Waals surface area contributed by atoms with Gasteiger partial charge in [-0.3, -0.25) is 4.90 Å². The molecule has 1 saturated carbocycles. The quantitative estimate of drug-likeness (QED) is 0.828. The lowest BCUT2D eigenvalue weighted by Gasteiger charge is -2.39. The van der Waals surface area contributed by atoms with Gasteiger partial charge in [0.2, 0.25) is 0 Å². The maximum absolute atomic E-state index is 9.34. The molecule has 2 rings (SSSR count). The molecule has 0 atom stereocenters. The van der Waals surface area contributed by atoms with E-state index >= 15 is 0 Å². The Morgan fingerprint density at radius 3 is 2.26 bits per heavy atom. The molecular weight excluding hydrogens is 236 g/mol. The van der Waals surface area contributed by atoms with Gasteiger partial charge < -0.3 is 10.0 Å². The van der Waals surface area contributed by atoms with Crippen LogP contribution in [-0.4, -0.2) is 60.8 Å². The zero-order valence-electron chi connectivity index (χ0n) is 12.9. The second-order valence-corrected chi connectivity index (χ2v) is 6.88. The molecule has 1 aliphatic heterocycles. The Bertz CT molecular complexity index is 243. The second-order valence-electron chi connectivity index (χ2n) is 6.88. The Labute approximate surface area is 119 Å². The molecule has 2 aliphatic rings. The zero-order chi connectivity index (χ0) is 13.7. The van der Waals surface area contributed by atoms with E-state index < -0.39 is 0 Å². The van der Waals surface area contributed by atoms with E-state index in [1.54, 1.807) is 0 Å². The van der Waals surface area contributed by atoms with Crippen LogP contribution in [0.15, 0.2) is 0 Å². The van der Waals surface area contributed by atoms with Gasteiger partial charge in [0.25, 0.3) is 0 Å². The highest BCUT2D eigenvalue weighted by molar-refractivity contribution is 4.81. The van der Waals surface area contributed by atoms with Crippen molar-refractivity contribution in [2.75, 3.05) is 39.8 Å². The molecule has 0 radical (unpaired) electrons. The number of piperidine rings is 1. The number of aliphatic hydroxyl groups is 1. The molecule has 2 fully saturated rings. The number of rotatable bonds is 5. The van der Waals surface area contributed by atoms with Gasteiger partial charge in [0, 0.05) is 19.1 Å². The Kier molecular flexibility index (Phi) is 6.11. The average molecular weight is 268 g/mol. The largest absolute Gasteiger partial charge is 0.395 e. The molecule has 0 amide bonds. The third-order valence-electron chi connectivity index (χ3n) is 5.22. The second kappa shape index (κ2) is 7.61. The summed E-state index contributed by atoms with van der Waals surface area (Å²) in [5.41, 5.74) is 0. The van der Waals surface area contributed by atoms with Crippen LogP contribution in [0.1, 0.15) is 45.4 Å². The van der Waals surface area contributed by atoms with Crippen LogP contribution in [0.5, 0.6) is 0 Å². The number of likely N-dealkylation sites (tertiary alicyclic amines) is 1. The monoisotopic (exact) mass is 268 g/mol. The van der Waals surface area contributed by atoms with Crippen molar-refractivity contribution in [3.05, 3.63) is 0 Å². The topological polar surface area (TPSA) is 26.7 Å². The Morgan fingerprint density at radius 2 is 1.68 bits per heavy atom. The Morgan fingerprint density at radius 1 is 1.05 bits per heavy atom. The molecule has 112 valence electrons. The molecule has 0 bridgehead atoms. The first-order valence-electron chi connectivity index (χ1n) is 8.22. The molecule has 0 spiro atoms. The highest BCUT2D eigenvalue weighted by Gasteiger charge is 2.26. The van der Waals surface area contributed by atoms with Crippen LogP contribution in [0.4, 0.5) is 0 Å². The molecule has 3 nitrogen and oxygen atoms in total. The van der Waals surface area contributed by atoms with E-state index in [2.05, 4.69) is 23.8 Å². The summed E-state index contributed by atoms with van der Waals surface area (Å²) in [6.45, 7) is 7.23. The molecule has 1 aliphatic carbocycles. The lowest BCUT2D eigenvalue weighted by atomic mass is 9.82. The minimum absolute atomic E-state index is 0.315. The summed E-state index contributed by atoms with van der Waals surface area (Å²) >= 11 is 0. The summed E-state index contributed by atoms with van der Waals surface area (Å²) in [5, 5.41) is 9.34. The standard InChI is InChI=1S/C16H32N2O/c1-14-3-5-15(6-4-14)13-18(11-12-19)16-7-9-17(2)10-8-16/h14-16,19H,3-13H2,1-2H3.